The number of fused-ring (bicyclic) bond motifs is 1. The lowest BCUT2D eigenvalue weighted by Gasteiger charge is -2.22. The summed E-state index contributed by atoms with van der Waals surface area (Å²) in [6.07, 6.45) is 5.25. The van der Waals surface area contributed by atoms with Crippen molar-refractivity contribution in [1.82, 2.24) is 19.2 Å². The second-order valence-electron chi connectivity index (χ2n) is 6.78. The molecule has 2 aromatic rings. The van der Waals surface area contributed by atoms with Crippen molar-refractivity contribution in [2.75, 3.05) is 6.54 Å². The van der Waals surface area contributed by atoms with E-state index in [1.165, 1.54) is 27.7 Å². The predicted molar refractivity (Wildman–Crippen MR) is 98.4 cm³/mol. The Morgan fingerprint density at radius 1 is 1.12 bits per heavy atom. The minimum absolute atomic E-state index is 0.0247. The topological polar surface area (TPSA) is 102 Å². The van der Waals surface area contributed by atoms with Crippen LogP contribution in [-0.4, -0.2) is 36.0 Å². The van der Waals surface area contributed by atoms with Gasteiger partial charge in [-0.3, -0.25) is 13.9 Å². The summed E-state index contributed by atoms with van der Waals surface area (Å²) in [7, 11) is -0.622. The Kier molecular flexibility index (Phi) is 5.19. The normalized spacial score (nSPS) is 16.1. The van der Waals surface area contributed by atoms with Crippen molar-refractivity contribution in [1.29, 1.82) is 0 Å². The molecule has 1 aromatic heterocycles. The molecule has 1 aliphatic carbocycles. The minimum atomic E-state index is -3.84. The number of carbonyl (C=O) groups is 1. The molecule has 1 fully saturated rings. The van der Waals surface area contributed by atoms with Gasteiger partial charge in [-0.25, -0.2) is 17.9 Å². The zero-order chi connectivity index (χ0) is 18.9. The number of hydrogen-bond acceptors (Lipinski definition) is 4. The fourth-order valence-electron chi connectivity index (χ4n) is 3.42. The van der Waals surface area contributed by atoms with Gasteiger partial charge in [-0.1, -0.05) is 19.3 Å². The number of nitrogens with zero attached hydrogens (tertiary/aromatic N) is 2. The molecule has 0 radical (unpaired) electrons. The van der Waals surface area contributed by atoms with Gasteiger partial charge in [0.25, 0.3) is 0 Å². The van der Waals surface area contributed by atoms with Crippen LogP contribution in [0, 0.1) is 0 Å². The number of aromatic nitrogens is 2. The van der Waals surface area contributed by atoms with E-state index < -0.39 is 10.0 Å². The first kappa shape index (κ1) is 18.7. The molecular formula is C17H24N4O4S. The van der Waals surface area contributed by atoms with E-state index in [1.54, 1.807) is 20.2 Å². The van der Waals surface area contributed by atoms with Gasteiger partial charge >= 0.3 is 5.69 Å². The molecule has 0 bridgehead atoms. The van der Waals surface area contributed by atoms with Crippen LogP contribution < -0.4 is 15.7 Å². The van der Waals surface area contributed by atoms with Crippen LogP contribution >= 0.6 is 0 Å². The van der Waals surface area contributed by atoms with Crippen molar-refractivity contribution < 1.29 is 13.2 Å². The average Bonchev–Trinajstić information content (AvgIpc) is 2.85. The first-order valence-electron chi connectivity index (χ1n) is 8.74. The Hall–Kier alpha value is -2.13. The number of rotatable bonds is 5. The number of carbonyl (C=O) groups excluding carboxylic acids is 1. The number of hydrogen-bond donors (Lipinski definition) is 2. The highest BCUT2D eigenvalue weighted by atomic mass is 32.2. The second kappa shape index (κ2) is 7.24. The van der Waals surface area contributed by atoms with Crippen molar-refractivity contribution in [3.05, 3.63) is 28.7 Å². The number of imidazole rings is 1. The highest BCUT2D eigenvalue weighted by Crippen LogP contribution is 2.18. The number of aryl methyl sites for hydroxylation is 2. The highest BCUT2D eigenvalue weighted by molar-refractivity contribution is 7.89. The minimum Gasteiger partial charge on any atom is -0.352 e. The lowest BCUT2D eigenvalue weighted by Crippen LogP contribution is -2.42. The third kappa shape index (κ3) is 3.68. The molecule has 0 unspecified atom stereocenters. The Bertz CT molecular complexity index is 984. The number of nitrogens with one attached hydrogen (secondary N) is 2. The molecule has 1 amide bonds. The fourth-order valence-corrected chi connectivity index (χ4v) is 4.43. The lowest BCUT2D eigenvalue weighted by molar-refractivity contribution is -0.120. The molecule has 1 aromatic carbocycles. The van der Waals surface area contributed by atoms with Crippen LogP contribution in [0.5, 0.6) is 0 Å². The smallest absolute Gasteiger partial charge is 0.328 e. The van der Waals surface area contributed by atoms with Gasteiger partial charge < -0.3 is 5.32 Å². The summed E-state index contributed by atoms with van der Waals surface area (Å²) < 4.78 is 30.2. The molecule has 26 heavy (non-hydrogen) atoms. The van der Waals surface area contributed by atoms with E-state index in [-0.39, 0.29) is 29.1 Å². The van der Waals surface area contributed by atoms with Gasteiger partial charge in [-0.15, -0.1) is 0 Å². The fraction of sp³-hybridized carbons (Fsp3) is 0.529. The van der Waals surface area contributed by atoms with Crippen molar-refractivity contribution in [2.24, 2.45) is 14.1 Å². The van der Waals surface area contributed by atoms with Crippen molar-refractivity contribution in [3.63, 3.8) is 0 Å². The summed E-state index contributed by atoms with van der Waals surface area (Å²) >= 11 is 0. The van der Waals surface area contributed by atoms with Crippen LogP contribution in [0.3, 0.4) is 0 Å². The third-order valence-corrected chi connectivity index (χ3v) is 6.35. The molecule has 2 N–H and O–H groups in total. The molecular weight excluding hydrogens is 356 g/mol. The predicted octanol–water partition coefficient (Wildman–Crippen LogP) is 0.604. The molecule has 0 aliphatic heterocycles. The summed E-state index contributed by atoms with van der Waals surface area (Å²) in [6, 6.07) is 4.60. The maximum Gasteiger partial charge on any atom is 0.328 e. The van der Waals surface area contributed by atoms with E-state index >= 15 is 0 Å². The molecule has 8 nitrogen and oxygen atoms in total. The monoisotopic (exact) mass is 380 g/mol. The largest absolute Gasteiger partial charge is 0.352 e. The number of benzene rings is 1. The first-order chi connectivity index (χ1) is 12.3. The van der Waals surface area contributed by atoms with Crippen molar-refractivity contribution in [3.8, 4) is 0 Å². The van der Waals surface area contributed by atoms with Gasteiger partial charge in [-0.2, -0.15) is 0 Å². The Labute approximate surface area is 152 Å². The molecule has 142 valence electrons. The van der Waals surface area contributed by atoms with Crippen LogP contribution in [0.15, 0.2) is 27.9 Å². The molecule has 0 atom stereocenters. The zero-order valence-electron chi connectivity index (χ0n) is 15.0. The van der Waals surface area contributed by atoms with Gasteiger partial charge in [0.15, 0.2) is 0 Å². The molecule has 1 aliphatic rings. The van der Waals surface area contributed by atoms with Crippen LogP contribution in [0.1, 0.15) is 32.1 Å². The lowest BCUT2D eigenvalue weighted by atomic mass is 9.95. The molecule has 9 heteroatoms. The van der Waals surface area contributed by atoms with Crippen LogP contribution in [0.25, 0.3) is 11.0 Å². The van der Waals surface area contributed by atoms with E-state index in [0.717, 1.165) is 25.7 Å². The Balaban J connectivity index is 1.71. The maximum absolute atomic E-state index is 12.5. The van der Waals surface area contributed by atoms with Crippen LogP contribution in [0.4, 0.5) is 0 Å². The third-order valence-electron chi connectivity index (χ3n) is 4.95. The SMILES string of the molecule is Cn1c(=O)n(C)c2cc(S(=O)(=O)NCC(=O)NC3CCCCC3)ccc21. The van der Waals surface area contributed by atoms with Gasteiger partial charge in [0.05, 0.1) is 22.5 Å². The standard InChI is InChI=1S/C17H24N4O4S/c1-20-14-9-8-13(10-15(14)21(2)17(20)23)26(24,25)18-11-16(22)19-12-6-4-3-5-7-12/h8-10,12,18H,3-7,11H2,1-2H3,(H,19,22). The van der Waals surface area contributed by atoms with E-state index in [4.69, 9.17) is 0 Å². The van der Waals surface area contributed by atoms with Crippen LogP contribution in [-0.2, 0) is 28.9 Å². The molecule has 0 spiro atoms. The summed E-state index contributed by atoms with van der Waals surface area (Å²) in [4.78, 5) is 24.0. The summed E-state index contributed by atoms with van der Waals surface area (Å²) in [6.45, 7) is -0.301. The highest BCUT2D eigenvalue weighted by Gasteiger charge is 2.20. The first-order valence-corrected chi connectivity index (χ1v) is 10.2. The number of sulfonamides is 1. The molecule has 3 rings (SSSR count). The molecule has 0 saturated heterocycles. The summed E-state index contributed by atoms with van der Waals surface area (Å²) in [5, 5.41) is 2.88. The molecule has 1 heterocycles. The quantitative estimate of drug-likeness (QED) is 0.793. The van der Waals surface area contributed by atoms with E-state index in [1.807, 2.05) is 0 Å². The summed E-state index contributed by atoms with van der Waals surface area (Å²) in [5.41, 5.74) is 0.938. The Morgan fingerprint density at radius 3 is 2.46 bits per heavy atom. The molecule has 1 saturated carbocycles. The van der Waals surface area contributed by atoms with E-state index in [9.17, 15) is 18.0 Å². The van der Waals surface area contributed by atoms with Gasteiger partial charge in [0, 0.05) is 20.1 Å². The Morgan fingerprint density at radius 2 is 1.77 bits per heavy atom. The van der Waals surface area contributed by atoms with Crippen molar-refractivity contribution >= 4 is 27.0 Å². The van der Waals surface area contributed by atoms with E-state index in [0.29, 0.717) is 11.0 Å². The maximum atomic E-state index is 12.5. The zero-order valence-corrected chi connectivity index (χ0v) is 15.8. The van der Waals surface area contributed by atoms with Crippen LogP contribution in [0.2, 0.25) is 0 Å². The van der Waals surface area contributed by atoms with Gasteiger partial charge in [0.1, 0.15) is 0 Å². The van der Waals surface area contributed by atoms with Crippen molar-refractivity contribution in [2.45, 2.75) is 43.0 Å². The van der Waals surface area contributed by atoms with E-state index in [2.05, 4.69) is 10.0 Å². The number of amides is 1. The summed E-state index contributed by atoms with van der Waals surface area (Å²) in [5.74, 6) is -0.325. The second-order valence-corrected chi connectivity index (χ2v) is 8.55. The van der Waals surface area contributed by atoms with Gasteiger partial charge in [0.2, 0.25) is 15.9 Å². The van der Waals surface area contributed by atoms with Gasteiger partial charge in [-0.05, 0) is 31.0 Å². The average molecular weight is 380 g/mol.